The van der Waals surface area contributed by atoms with Gasteiger partial charge in [0.25, 0.3) is 0 Å². The third-order valence-electron chi connectivity index (χ3n) is 4.65. The van der Waals surface area contributed by atoms with Crippen molar-refractivity contribution < 1.29 is 5.11 Å². The zero-order chi connectivity index (χ0) is 16.7. The molecule has 2 aromatic carbocycles. The van der Waals surface area contributed by atoms with Gasteiger partial charge in [0, 0.05) is 11.8 Å². The second kappa shape index (κ2) is 7.94. The highest BCUT2D eigenvalue weighted by molar-refractivity contribution is 5.33. The number of allylic oxidation sites excluding steroid dienone is 1. The highest BCUT2D eigenvalue weighted by Gasteiger charge is 2.43. The van der Waals surface area contributed by atoms with Crippen LogP contribution in [-0.2, 0) is 5.60 Å². The number of aliphatic hydroxyl groups is 1. The Kier molecular flexibility index (Phi) is 5.95. The summed E-state index contributed by atoms with van der Waals surface area (Å²) in [7, 11) is 0. The van der Waals surface area contributed by atoms with Crippen molar-refractivity contribution in [2.75, 3.05) is 0 Å². The molecule has 3 atom stereocenters. The lowest BCUT2D eigenvalue weighted by atomic mass is 9.67. The summed E-state index contributed by atoms with van der Waals surface area (Å²) < 4.78 is 0. The van der Waals surface area contributed by atoms with Crippen molar-refractivity contribution in [3.05, 3.63) is 97.1 Å². The topological polar surface area (TPSA) is 20.2 Å². The van der Waals surface area contributed by atoms with Gasteiger partial charge in [0.05, 0.1) is 0 Å². The van der Waals surface area contributed by atoms with E-state index in [1.165, 1.54) is 0 Å². The Morgan fingerprint density at radius 1 is 1.00 bits per heavy atom. The van der Waals surface area contributed by atoms with Crippen molar-refractivity contribution >= 4 is 0 Å². The number of rotatable bonds is 8. The molecule has 0 aliphatic carbocycles. The molecule has 3 unspecified atom stereocenters. The van der Waals surface area contributed by atoms with E-state index in [1.54, 1.807) is 0 Å². The van der Waals surface area contributed by atoms with Crippen LogP contribution in [0.15, 0.2) is 86.0 Å². The predicted octanol–water partition coefficient (Wildman–Crippen LogP) is 5.45. The van der Waals surface area contributed by atoms with Crippen LogP contribution in [-0.4, -0.2) is 5.11 Å². The van der Waals surface area contributed by atoms with E-state index in [4.69, 9.17) is 0 Å². The first-order valence-corrected chi connectivity index (χ1v) is 8.24. The highest BCUT2D eigenvalue weighted by atomic mass is 16.3. The lowest BCUT2D eigenvalue weighted by Crippen LogP contribution is -2.40. The molecule has 1 heteroatoms. The number of hydrogen-bond donors (Lipinski definition) is 1. The molecule has 0 fully saturated rings. The predicted molar refractivity (Wildman–Crippen MR) is 98.3 cm³/mol. The van der Waals surface area contributed by atoms with Gasteiger partial charge in [-0.15, -0.1) is 13.2 Å². The van der Waals surface area contributed by atoms with Crippen LogP contribution in [0.1, 0.15) is 36.8 Å². The van der Waals surface area contributed by atoms with Gasteiger partial charge in [0.1, 0.15) is 5.60 Å². The lowest BCUT2D eigenvalue weighted by Gasteiger charge is -2.41. The van der Waals surface area contributed by atoms with Gasteiger partial charge in [0.15, 0.2) is 0 Å². The van der Waals surface area contributed by atoms with E-state index in [0.717, 1.165) is 17.5 Å². The van der Waals surface area contributed by atoms with E-state index in [0.29, 0.717) is 6.42 Å². The zero-order valence-corrected chi connectivity index (χ0v) is 13.9. The van der Waals surface area contributed by atoms with Gasteiger partial charge in [-0.3, -0.25) is 0 Å². The van der Waals surface area contributed by atoms with Gasteiger partial charge in [-0.1, -0.05) is 79.7 Å². The van der Waals surface area contributed by atoms with Gasteiger partial charge in [-0.25, -0.2) is 0 Å². The first-order chi connectivity index (χ1) is 11.2. The maximum atomic E-state index is 11.9. The second-order valence-electron chi connectivity index (χ2n) is 5.93. The fourth-order valence-electron chi connectivity index (χ4n) is 3.50. The Balaban J connectivity index is 2.60. The summed E-state index contributed by atoms with van der Waals surface area (Å²) in [5.41, 5.74) is 1.08. The Hall–Kier alpha value is -2.12. The minimum absolute atomic E-state index is 0.00551. The second-order valence-corrected chi connectivity index (χ2v) is 5.93. The van der Waals surface area contributed by atoms with Crippen molar-refractivity contribution in [1.29, 1.82) is 0 Å². The molecule has 0 heterocycles. The maximum Gasteiger partial charge on any atom is 0.103 e. The van der Waals surface area contributed by atoms with Crippen molar-refractivity contribution in [2.24, 2.45) is 5.92 Å². The standard InChI is InChI=1S/C22H26O/c1-4-13-19(5-2)22(23,20-16-11-8-12-17-20)21(6-3)18-14-9-7-10-15-18/h4-5,7-12,14-17,19,21,23H,1-2,6,13H2,3H3. The molecule has 2 aromatic rings. The molecule has 23 heavy (non-hydrogen) atoms. The van der Waals surface area contributed by atoms with E-state index in [2.05, 4.69) is 32.2 Å². The van der Waals surface area contributed by atoms with Gasteiger partial charge < -0.3 is 5.11 Å². The molecule has 1 N–H and O–H groups in total. The highest BCUT2D eigenvalue weighted by Crippen LogP contribution is 2.46. The minimum Gasteiger partial charge on any atom is -0.384 e. The molecule has 120 valence electrons. The first-order valence-electron chi connectivity index (χ1n) is 8.24. The van der Waals surface area contributed by atoms with Gasteiger partial charge >= 0.3 is 0 Å². The van der Waals surface area contributed by atoms with Crippen molar-refractivity contribution in [3.63, 3.8) is 0 Å². The van der Waals surface area contributed by atoms with Crippen LogP contribution in [0.3, 0.4) is 0 Å². The largest absolute Gasteiger partial charge is 0.384 e. The molecule has 0 bridgehead atoms. The lowest BCUT2D eigenvalue weighted by molar-refractivity contribution is -0.0334. The van der Waals surface area contributed by atoms with E-state index >= 15 is 0 Å². The average molecular weight is 306 g/mol. The SMILES string of the molecule is C=CCC(C=C)C(O)(c1ccccc1)C(CC)c1ccccc1. The van der Waals surface area contributed by atoms with Crippen molar-refractivity contribution in [1.82, 2.24) is 0 Å². The fraction of sp³-hybridized carbons (Fsp3) is 0.273. The molecule has 0 radical (unpaired) electrons. The summed E-state index contributed by atoms with van der Waals surface area (Å²) in [4.78, 5) is 0. The zero-order valence-electron chi connectivity index (χ0n) is 13.9. The molecular formula is C22H26O. The van der Waals surface area contributed by atoms with Gasteiger partial charge in [-0.05, 0) is 24.0 Å². The van der Waals surface area contributed by atoms with Gasteiger partial charge in [-0.2, -0.15) is 0 Å². The summed E-state index contributed by atoms with van der Waals surface area (Å²) in [5, 5.41) is 11.9. The number of hydrogen-bond acceptors (Lipinski definition) is 1. The molecular weight excluding hydrogens is 280 g/mol. The monoisotopic (exact) mass is 306 g/mol. The summed E-state index contributed by atoms with van der Waals surface area (Å²) in [6, 6.07) is 20.2. The van der Waals surface area contributed by atoms with Crippen molar-refractivity contribution in [2.45, 2.75) is 31.3 Å². The van der Waals surface area contributed by atoms with Crippen LogP contribution in [0.4, 0.5) is 0 Å². The molecule has 0 amide bonds. The Morgan fingerprint density at radius 2 is 1.57 bits per heavy atom. The molecule has 1 nitrogen and oxygen atoms in total. The summed E-state index contributed by atoms with van der Waals surface area (Å²) >= 11 is 0. The average Bonchev–Trinajstić information content (AvgIpc) is 2.61. The molecule has 0 saturated carbocycles. The summed E-state index contributed by atoms with van der Waals surface area (Å²) in [6.07, 6.45) is 5.26. The quantitative estimate of drug-likeness (QED) is 0.643. The van der Waals surface area contributed by atoms with Crippen LogP contribution in [0.5, 0.6) is 0 Å². The van der Waals surface area contributed by atoms with E-state index < -0.39 is 5.60 Å². The Morgan fingerprint density at radius 3 is 2.04 bits per heavy atom. The van der Waals surface area contributed by atoms with Crippen LogP contribution < -0.4 is 0 Å². The van der Waals surface area contributed by atoms with E-state index in [9.17, 15) is 5.11 Å². The molecule has 0 aromatic heterocycles. The third-order valence-corrected chi connectivity index (χ3v) is 4.65. The fourth-order valence-corrected chi connectivity index (χ4v) is 3.50. The Labute approximate surface area is 140 Å². The first kappa shape index (κ1) is 17.2. The minimum atomic E-state index is -1.01. The van der Waals surface area contributed by atoms with Crippen LogP contribution in [0.2, 0.25) is 0 Å². The van der Waals surface area contributed by atoms with Crippen LogP contribution in [0.25, 0.3) is 0 Å². The molecule has 0 saturated heterocycles. The normalized spacial score (nSPS) is 16.1. The maximum absolute atomic E-state index is 11.9. The molecule has 0 spiro atoms. The van der Waals surface area contributed by atoms with Crippen LogP contribution in [0, 0.1) is 5.92 Å². The van der Waals surface area contributed by atoms with E-state index in [-0.39, 0.29) is 11.8 Å². The Bertz CT molecular complexity index is 617. The third kappa shape index (κ3) is 3.46. The van der Waals surface area contributed by atoms with Crippen molar-refractivity contribution in [3.8, 4) is 0 Å². The summed E-state index contributed by atoms with van der Waals surface area (Å²) in [5.74, 6) is -0.0957. The smallest absolute Gasteiger partial charge is 0.103 e. The summed E-state index contributed by atoms with van der Waals surface area (Å²) in [6.45, 7) is 9.95. The molecule has 2 rings (SSSR count). The molecule has 0 aliphatic rings. The van der Waals surface area contributed by atoms with E-state index in [1.807, 2.05) is 60.7 Å². The number of benzene rings is 2. The van der Waals surface area contributed by atoms with Gasteiger partial charge in [0.2, 0.25) is 0 Å². The van der Waals surface area contributed by atoms with Crippen LogP contribution >= 0.6 is 0 Å². The molecule has 0 aliphatic heterocycles.